The van der Waals surface area contributed by atoms with Crippen LogP contribution < -0.4 is 4.90 Å². The molecular weight excluding hydrogens is 314 g/mol. The summed E-state index contributed by atoms with van der Waals surface area (Å²) in [5.41, 5.74) is 2.78. The molecule has 0 N–H and O–H groups in total. The normalized spacial score (nSPS) is 11.7. The molecule has 3 aromatic rings. The molecule has 0 heterocycles. The van der Waals surface area contributed by atoms with Crippen molar-refractivity contribution in [3.05, 3.63) is 96.6 Å². The van der Waals surface area contributed by atoms with Crippen LogP contribution >= 0.6 is 11.8 Å². The van der Waals surface area contributed by atoms with Gasteiger partial charge in [0.05, 0.1) is 0 Å². The third-order valence-corrected chi connectivity index (χ3v) is 4.76. The highest BCUT2D eigenvalue weighted by atomic mass is 32.2. The minimum atomic E-state index is -0.244. The van der Waals surface area contributed by atoms with Crippen LogP contribution in [0, 0.1) is 0 Å². The number of rotatable bonds is 5. The smallest absolute Gasteiger partial charge is 0.249 e. The van der Waals surface area contributed by atoms with Crippen LogP contribution in [0.2, 0.25) is 0 Å². The zero-order valence-electron chi connectivity index (χ0n) is 13.5. The van der Waals surface area contributed by atoms with Gasteiger partial charge in [-0.2, -0.15) is 0 Å². The second-order valence-electron chi connectivity index (χ2n) is 5.37. The number of nitrogens with zero attached hydrogens (tertiary/aromatic N) is 1. The highest BCUT2D eigenvalue weighted by molar-refractivity contribution is 7.99. The fraction of sp³-hybridized carbons (Fsp3) is 0.0952. The standard InChI is InChI=1S/C21H19NOS/c1-24-20(17-11-5-2-6-12-17)21(23)22(18-13-7-3-8-14-18)19-15-9-4-10-16-19/h2-16,20H,1H3. The quantitative estimate of drug-likeness (QED) is 0.618. The van der Waals surface area contributed by atoms with Crippen molar-refractivity contribution in [1.82, 2.24) is 0 Å². The first kappa shape index (κ1) is 16.3. The summed E-state index contributed by atoms with van der Waals surface area (Å²) >= 11 is 1.56. The Balaban J connectivity index is 2.03. The van der Waals surface area contributed by atoms with E-state index < -0.39 is 0 Å². The number of hydrogen-bond donors (Lipinski definition) is 0. The average Bonchev–Trinajstić information content (AvgIpc) is 2.65. The molecule has 3 aromatic carbocycles. The number of hydrogen-bond acceptors (Lipinski definition) is 2. The largest absolute Gasteiger partial charge is 0.280 e. The van der Waals surface area contributed by atoms with E-state index in [-0.39, 0.29) is 11.2 Å². The van der Waals surface area contributed by atoms with Crippen molar-refractivity contribution in [3.8, 4) is 0 Å². The van der Waals surface area contributed by atoms with E-state index in [0.29, 0.717) is 0 Å². The van der Waals surface area contributed by atoms with Crippen LogP contribution in [0.4, 0.5) is 11.4 Å². The minimum Gasteiger partial charge on any atom is -0.280 e. The van der Waals surface area contributed by atoms with Crippen LogP contribution in [0.15, 0.2) is 91.0 Å². The lowest BCUT2D eigenvalue weighted by Gasteiger charge is -2.27. The minimum absolute atomic E-state index is 0.0612. The lowest BCUT2D eigenvalue weighted by molar-refractivity contribution is -0.117. The molecule has 0 radical (unpaired) electrons. The Morgan fingerprint density at radius 1 is 0.750 bits per heavy atom. The van der Waals surface area contributed by atoms with E-state index >= 15 is 0 Å². The molecule has 2 nitrogen and oxygen atoms in total. The third kappa shape index (κ3) is 3.52. The van der Waals surface area contributed by atoms with Crippen LogP contribution in [-0.2, 0) is 4.79 Å². The molecule has 0 spiro atoms. The summed E-state index contributed by atoms with van der Waals surface area (Å²) in [6.45, 7) is 0. The molecule has 120 valence electrons. The Bertz CT molecular complexity index is 735. The van der Waals surface area contributed by atoms with E-state index in [1.165, 1.54) is 0 Å². The summed E-state index contributed by atoms with van der Waals surface area (Å²) in [7, 11) is 0. The van der Waals surface area contributed by atoms with Gasteiger partial charge in [0.2, 0.25) is 5.91 Å². The van der Waals surface area contributed by atoms with E-state index in [1.807, 2.05) is 97.3 Å². The fourth-order valence-corrected chi connectivity index (χ4v) is 3.42. The van der Waals surface area contributed by atoms with Crippen molar-refractivity contribution in [2.24, 2.45) is 0 Å². The van der Waals surface area contributed by atoms with Crippen molar-refractivity contribution in [1.29, 1.82) is 0 Å². The number of anilines is 2. The first-order valence-corrected chi connectivity index (χ1v) is 9.12. The van der Waals surface area contributed by atoms with Crippen molar-refractivity contribution in [2.75, 3.05) is 11.2 Å². The molecule has 0 bridgehead atoms. The zero-order valence-corrected chi connectivity index (χ0v) is 14.3. The topological polar surface area (TPSA) is 20.3 Å². The Morgan fingerprint density at radius 3 is 1.58 bits per heavy atom. The molecule has 0 saturated carbocycles. The molecular formula is C21H19NOS. The highest BCUT2D eigenvalue weighted by Crippen LogP contribution is 2.34. The second kappa shape index (κ2) is 7.84. The molecule has 0 aliphatic carbocycles. The predicted molar refractivity (Wildman–Crippen MR) is 103 cm³/mol. The Labute approximate surface area is 147 Å². The zero-order chi connectivity index (χ0) is 16.8. The molecule has 1 amide bonds. The molecule has 1 unspecified atom stereocenters. The van der Waals surface area contributed by atoms with Crippen molar-refractivity contribution in [3.63, 3.8) is 0 Å². The van der Waals surface area contributed by atoms with E-state index in [1.54, 1.807) is 16.7 Å². The molecule has 3 heteroatoms. The first-order chi connectivity index (χ1) is 11.8. The third-order valence-electron chi connectivity index (χ3n) is 3.81. The van der Waals surface area contributed by atoms with Gasteiger partial charge in [-0.25, -0.2) is 0 Å². The summed E-state index contributed by atoms with van der Waals surface area (Å²) in [6, 6.07) is 29.5. The van der Waals surface area contributed by atoms with Crippen LogP contribution in [0.25, 0.3) is 0 Å². The number of amides is 1. The molecule has 0 aromatic heterocycles. The summed E-state index contributed by atoms with van der Waals surface area (Å²) in [6.07, 6.45) is 1.98. The van der Waals surface area contributed by atoms with Gasteiger partial charge in [-0.15, -0.1) is 11.8 Å². The van der Waals surface area contributed by atoms with Crippen LogP contribution in [-0.4, -0.2) is 12.2 Å². The number of benzene rings is 3. The average molecular weight is 333 g/mol. The van der Waals surface area contributed by atoms with Gasteiger partial charge in [-0.3, -0.25) is 9.69 Å². The van der Waals surface area contributed by atoms with Gasteiger partial charge in [0.25, 0.3) is 0 Å². The van der Waals surface area contributed by atoms with E-state index in [2.05, 4.69) is 0 Å². The van der Waals surface area contributed by atoms with Gasteiger partial charge in [0, 0.05) is 11.4 Å². The number of carbonyl (C=O) groups is 1. The summed E-state index contributed by atoms with van der Waals surface area (Å²) in [4.78, 5) is 15.2. The monoisotopic (exact) mass is 333 g/mol. The maximum Gasteiger partial charge on any atom is 0.249 e. The molecule has 0 aliphatic heterocycles. The molecule has 0 saturated heterocycles. The predicted octanol–water partition coefficient (Wildman–Crippen LogP) is 5.46. The van der Waals surface area contributed by atoms with Crippen molar-refractivity contribution < 1.29 is 4.79 Å². The highest BCUT2D eigenvalue weighted by Gasteiger charge is 2.27. The molecule has 3 rings (SSSR count). The molecule has 0 aliphatic rings. The van der Waals surface area contributed by atoms with Gasteiger partial charge in [-0.05, 0) is 36.1 Å². The first-order valence-electron chi connectivity index (χ1n) is 7.83. The summed E-state index contributed by atoms with van der Waals surface area (Å²) in [5, 5.41) is -0.244. The fourth-order valence-electron chi connectivity index (χ4n) is 2.68. The lowest BCUT2D eigenvalue weighted by Crippen LogP contribution is -2.30. The Hall–Kier alpha value is -2.52. The maximum absolute atomic E-state index is 13.4. The van der Waals surface area contributed by atoms with Gasteiger partial charge < -0.3 is 0 Å². The van der Waals surface area contributed by atoms with Gasteiger partial charge in [0.15, 0.2) is 0 Å². The summed E-state index contributed by atoms with van der Waals surface area (Å²) < 4.78 is 0. The number of para-hydroxylation sites is 2. The molecule has 24 heavy (non-hydrogen) atoms. The Kier molecular flexibility index (Phi) is 5.34. The SMILES string of the molecule is CSC(C(=O)N(c1ccccc1)c1ccccc1)c1ccccc1. The van der Waals surface area contributed by atoms with Gasteiger partial charge >= 0.3 is 0 Å². The second-order valence-corrected chi connectivity index (χ2v) is 6.31. The molecule has 0 fully saturated rings. The summed E-state index contributed by atoms with van der Waals surface area (Å²) in [5.74, 6) is 0.0612. The van der Waals surface area contributed by atoms with Crippen LogP contribution in [0.1, 0.15) is 10.8 Å². The van der Waals surface area contributed by atoms with E-state index in [4.69, 9.17) is 0 Å². The maximum atomic E-state index is 13.4. The lowest BCUT2D eigenvalue weighted by atomic mass is 10.1. The van der Waals surface area contributed by atoms with Crippen molar-refractivity contribution >= 4 is 29.0 Å². The van der Waals surface area contributed by atoms with E-state index in [9.17, 15) is 4.79 Å². The number of carbonyl (C=O) groups excluding carboxylic acids is 1. The molecule has 1 atom stereocenters. The Morgan fingerprint density at radius 2 is 1.17 bits per heavy atom. The van der Waals surface area contributed by atoms with Crippen LogP contribution in [0.3, 0.4) is 0 Å². The van der Waals surface area contributed by atoms with Crippen LogP contribution in [0.5, 0.6) is 0 Å². The number of thioether (sulfide) groups is 1. The van der Waals surface area contributed by atoms with Gasteiger partial charge in [-0.1, -0.05) is 66.7 Å². The van der Waals surface area contributed by atoms with Gasteiger partial charge in [0.1, 0.15) is 5.25 Å². The van der Waals surface area contributed by atoms with Crippen molar-refractivity contribution in [2.45, 2.75) is 5.25 Å². The van der Waals surface area contributed by atoms with E-state index in [0.717, 1.165) is 16.9 Å².